The van der Waals surface area contributed by atoms with Crippen molar-refractivity contribution in [2.75, 3.05) is 20.6 Å². The summed E-state index contributed by atoms with van der Waals surface area (Å²) in [6.07, 6.45) is 5.50. The number of aromatic nitrogens is 2. The third-order valence-electron chi connectivity index (χ3n) is 4.83. The van der Waals surface area contributed by atoms with Gasteiger partial charge in [-0.2, -0.15) is 5.10 Å². The first kappa shape index (κ1) is 17.0. The molecule has 3 unspecified atom stereocenters. The summed E-state index contributed by atoms with van der Waals surface area (Å²) in [5.74, 6) is 1.93. The first-order valence-electron chi connectivity index (χ1n) is 8.01. The zero-order chi connectivity index (χ0) is 15.6. The van der Waals surface area contributed by atoms with E-state index in [1.54, 1.807) is 0 Å². The maximum absolute atomic E-state index is 6.45. The second-order valence-corrected chi connectivity index (χ2v) is 7.85. The molecule has 1 aromatic heterocycles. The summed E-state index contributed by atoms with van der Waals surface area (Å²) in [6, 6.07) is 0.256. The standard InChI is InChI=1S/C16H29BrN4/c1-11(2)12-5-6-15(18)13(9-12)16-14(17)10-19-21(16)8-7-20(3)4/h10-13,15H,5-9,18H2,1-4H3. The van der Waals surface area contributed by atoms with E-state index in [1.807, 2.05) is 6.20 Å². The Morgan fingerprint density at radius 1 is 1.43 bits per heavy atom. The molecule has 1 fully saturated rings. The zero-order valence-electron chi connectivity index (χ0n) is 13.7. The van der Waals surface area contributed by atoms with Crippen LogP contribution in [-0.4, -0.2) is 41.4 Å². The Balaban J connectivity index is 2.20. The van der Waals surface area contributed by atoms with Crippen LogP contribution in [0.2, 0.25) is 0 Å². The molecule has 120 valence electrons. The monoisotopic (exact) mass is 356 g/mol. The predicted octanol–water partition coefficient (Wildman–Crippen LogP) is 3.07. The molecule has 3 atom stereocenters. The Labute approximate surface area is 137 Å². The molecule has 0 saturated heterocycles. The number of hydrogen-bond acceptors (Lipinski definition) is 3. The van der Waals surface area contributed by atoms with Gasteiger partial charge in [-0.15, -0.1) is 0 Å². The van der Waals surface area contributed by atoms with Crippen LogP contribution in [0, 0.1) is 11.8 Å². The summed E-state index contributed by atoms with van der Waals surface area (Å²) < 4.78 is 3.27. The Bertz CT molecular complexity index is 455. The van der Waals surface area contributed by atoms with Crippen molar-refractivity contribution in [3.63, 3.8) is 0 Å². The normalized spacial score (nSPS) is 26.8. The lowest BCUT2D eigenvalue weighted by molar-refractivity contribution is 0.224. The van der Waals surface area contributed by atoms with Crippen molar-refractivity contribution < 1.29 is 0 Å². The average molecular weight is 357 g/mol. The van der Waals surface area contributed by atoms with Gasteiger partial charge in [0, 0.05) is 18.5 Å². The van der Waals surface area contributed by atoms with E-state index in [-0.39, 0.29) is 6.04 Å². The van der Waals surface area contributed by atoms with Crippen molar-refractivity contribution in [3.05, 3.63) is 16.4 Å². The molecule has 21 heavy (non-hydrogen) atoms. The third kappa shape index (κ3) is 4.08. The van der Waals surface area contributed by atoms with E-state index in [2.05, 4.69) is 58.6 Å². The zero-order valence-corrected chi connectivity index (χ0v) is 15.3. The quantitative estimate of drug-likeness (QED) is 0.881. The Hall–Kier alpha value is -0.390. The molecule has 1 heterocycles. The maximum Gasteiger partial charge on any atom is 0.0635 e. The molecular formula is C16H29BrN4. The fourth-order valence-corrected chi connectivity index (χ4v) is 3.95. The Kier molecular flexibility index (Phi) is 5.86. The van der Waals surface area contributed by atoms with Crippen LogP contribution in [-0.2, 0) is 6.54 Å². The molecule has 2 rings (SSSR count). The fraction of sp³-hybridized carbons (Fsp3) is 0.812. The van der Waals surface area contributed by atoms with Crippen LogP contribution in [0.5, 0.6) is 0 Å². The van der Waals surface area contributed by atoms with E-state index >= 15 is 0 Å². The third-order valence-corrected chi connectivity index (χ3v) is 5.44. The Morgan fingerprint density at radius 2 is 2.14 bits per heavy atom. The molecule has 0 bridgehead atoms. The van der Waals surface area contributed by atoms with Gasteiger partial charge in [0.05, 0.1) is 22.9 Å². The number of likely N-dealkylation sites (N-methyl/N-ethyl adjacent to an activating group) is 1. The number of nitrogens with zero attached hydrogens (tertiary/aromatic N) is 3. The highest BCUT2D eigenvalue weighted by atomic mass is 79.9. The molecule has 2 N–H and O–H groups in total. The van der Waals surface area contributed by atoms with Gasteiger partial charge in [-0.1, -0.05) is 13.8 Å². The van der Waals surface area contributed by atoms with Gasteiger partial charge in [0.25, 0.3) is 0 Å². The summed E-state index contributed by atoms with van der Waals surface area (Å²) in [5, 5.41) is 4.55. The molecular weight excluding hydrogens is 328 g/mol. The van der Waals surface area contributed by atoms with E-state index in [0.29, 0.717) is 5.92 Å². The van der Waals surface area contributed by atoms with Crippen LogP contribution in [0.15, 0.2) is 10.7 Å². The van der Waals surface area contributed by atoms with Gasteiger partial charge in [0.1, 0.15) is 0 Å². The second-order valence-electron chi connectivity index (χ2n) is 6.99. The van der Waals surface area contributed by atoms with E-state index in [1.165, 1.54) is 18.5 Å². The summed E-state index contributed by atoms with van der Waals surface area (Å²) in [5.41, 5.74) is 7.75. The molecule has 0 aromatic carbocycles. The molecule has 0 amide bonds. The minimum atomic E-state index is 0.256. The number of hydrogen-bond donors (Lipinski definition) is 1. The molecule has 1 saturated carbocycles. The minimum absolute atomic E-state index is 0.256. The number of rotatable bonds is 5. The molecule has 0 radical (unpaired) electrons. The van der Waals surface area contributed by atoms with Gasteiger partial charge in [-0.25, -0.2) is 0 Å². The van der Waals surface area contributed by atoms with Crippen molar-refractivity contribution in [2.24, 2.45) is 17.6 Å². The summed E-state index contributed by atoms with van der Waals surface area (Å²) in [4.78, 5) is 2.19. The average Bonchev–Trinajstić information content (AvgIpc) is 2.78. The SMILES string of the molecule is CC(C)C1CCC(N)C(c2c(Br)cnn2CCN(C)C)C1. The first-order chi connectivity index (χ1) is 9.90. The number of halogens is 1. The van der Waals surface area contributed by atoms with Gasteiger partial charge in [0.2, 0.25) is 0 Å². The second kappa shape index (κ2) is 7.25. The maximum atomic E-state index is 6.45. The molecule has 5 heteroatoms. The lowest BCUT2D eigenvalue weighted by atomic mass is 9.73. The lowest BCUT2D eigenvalue weighted by Crippen LogP contribution is -2.37. The topological polar surface area (TPSA) is 47.1 Å². The van der Waals surface area contributed by atoms with Gasteiger partial charge in [0.15, 0.2) is 0 Å². The van der Waals surface area contributed by atoms with Crippen molar-refractivity contribution in [2.45, 2.75) is 51.6 Å². The number of nitrogens with two attached hydrogens (primary N) is 1. The van der Waals surface area contributed by atoms with Crippen LogP contribution in [0.4, 0.5) is 0 Å². The van der Waals surface area contributed by atoms with Gasteiger partial charge < -0.3 is 10.6 Å². The van der Waals surface area contributed by atoms with Crippen LogP contribution in [0.25, 0.3) is 0 Å². The van der Waals surface area contributed by atoms with Gasteiger partial charge in [-0.3, -0.25) is 4.68 Å². The van der Waals surface area contributed by atoms with Crippen molar-refractivity contribution >= 4 is 15.9 Å². The van der Waals surface area contributed by atoms with Crippen LogP contribution < -0.4 is 5.73 Å². The highest BCUT2D eigenvalue weighted by Gasteiger charge is 2.33. The summed E-state index contributed by atoms with van der Waals surface area (Å²) >= 11 is 3.69. The van der Waals surface area contributed by atoms with Crippen LogP contribution in [0.3, 0.4) is 0 Å². The highest BCUT2D eigenvalue weighted by Crippen LogP contribution is 2.40. The molecule has 0 spiro atoms. The lowest BCUT2D eigenvalue weighted by Gasteiger charge is -2.36. The largest absolute Gasteiger partial charge is 0.327 e. The van der Waals surface area contributed by atoms with Crippen molar-refractivity contribution in [3.8, 4) is 0 Å². The first-order valence-corrected chi connectivity index (χ1v) is 8.81. The highest BCUT2D eigenvalue weighted by molar-refractivity contribution is 9.10. The van der Waals surface area contributed by atoms with E-state index in [9.17, 15) is 0 Å². The van der Waals surface area contributed by atoms with Crippen LogP contribution >= 0.6 is 15.9 Å². The fourth-order valence-electron chi connectivity index (χ4n) is 3.36. The van der Waals surface area contributed by atoms with Crippen LogP contribution in [0.1, 0.15) is 44.7 Å². The van der Waals surface area contributed by atoms with E-state index < -0.39 is 0 Å². The van der Waals surface area contributed by atoms with E-state index in [4.69, 9.17) is 5.73 Å². The van der Waals surface area contributed by atoms with E-state index in [0.717, 1.165) is 35.8 Å². The van der Waals surface area contributed by atoms with Gasteiger partial charge in [-0.05, 0) is 61.1 Å². The van der Waals surface area contributed by atoms with Crippen molar-refractivity contribution in [1.82, 2.24) is 14.7 Å². The predicted molar refractivity (Wildman–Crippen MR) is 91.4 cm³/mol. The molecule has 1 aliphatic carbocycles. The summed E-state index contributed by atoms with van der Waals surface area (Å²) in [7, 11) is 4.19. The Morgan fingerprint density at radius 3 is 2.76 bits per heavy atom. The molecule has 1 aromatic rings. The smallest absolute Gasteiger partial charge is 0.0635 e. The minimum Gasteiger partial charge on any atom is -0.327 e. The van der Waals surface area contributed by atoms with Crippen molar-refractivity contribution in [1.29, 1.82) is 0 Å². The molecule has 4 nitrogen and oxygen atoms in total. The molecule has 0 aliphatic heterocycles. The summed E-state index contributed by atoms with van der Waals surface area (Å²) in [6.45, 7) is 6.58. The van der Waals surface area contributed by atoms with Gasteiger partial charge >= 0.3 is 0 Å². The molecule has 1 aliphatic rings.